The molecule has 0 radical (unpaired) electrons. The van der Waals surface area contributed by atoms with Crippen molar-refractivity contribution in [3.63, 3.8) is 0 Å². The van der Waals surface area contributed by atoms with Crippen LogP contribution in [0.15, 0.2) is 18.2 Å². The first kappa shape index (κ1) is 18.8. The number of thioether (sulfide) groups is 1. The summed E-state index contributed by atoms with van der Waals surface area (Å²) in [5.41, 5.74) is 3.34. The largest absolute Gasteiger partial charge is 0.343 e. The monoisotopic (exact) mass is 348 g/mol. The first-order valence-electron chi connectivity index (χ1n) is 8.65. The highest BCUT2D eigenvalue weighted by Gasteiger charge is 2.26. The molecule has 1 aromatic carbocycles. The fourth-order valence-electron chi connectivity index (χ4n) is 2.92. The van der Waals surface area contributed by atoms with Gasteiger partial charge in [-0.25, -0.2) is 0 Å². The lowest BCUT2D eigenvalue weighted by molar-refractivity contribution is -0.132. The van der Waals surface area contributed by atoms with E-state index in [1.807, 2.05) is 28.8 Å². The molecule has 24 heavy (non-hydrogen) atoms. The zero-order valence-electron chi connectivity index (χ0n) is 15.1. The second kappa shape index (κ2) is 8.56. The summed E-state index contributed by atoms with van der Waals surface area (Å²) in [5.74, 6) is 1.13. The van der Waals surface area contributed by atoms with Crippen LogP contribution in [0.25, 0.3) is 0 Å². The normalized spacial score (nSPS) is 15.6. The Morgan fingerprint density at radius 3 is 2.54 bits per heavy atom. The van der Waals surface area contributed by atoms with E-state index in [2.05, 4.69) is 32.2 Å². The van der Waals surface area contributed by atoms with Crippen molar-refractivity contribution in [2.24, 2.45) is 5.92 Å². The standard InChI is InChI=1S/C19H28N2O2S/c1-13(2)24-12-17-6-5-7-18(14(17)3)20-19(23)16-8-10-21(11-9-16)15(4)22/h5-7,13,16H,8-12H2,1-4H3,(H,20,23). The Hall–Kier alpha value is -1.49. The van der Waals surface area contributed by atoms with Crippen molar-refractivity contribution < 1.29 is 9.59 Å². The van der Waals surface area contributed by atoms with Crippen LogP contribution in [0.4, 0.5) is 5.69 Å². The van der Waals surface area contributed by atoms with Gasteiger partial charge < -0.3 is 10.2 Å². The van der Waals surface area contributed by atoms with E-state index in [0.29, 0.717) is 18.3 Å². The van der Waals surface area contributed by atoms with Crippen LogP contribution in [-0.4, -0.2) is 35.1 Å². The van der Waals surface area contributed by atoms with Gasteiger partial charge >= 0.3 is 0 Å². The van der Waals surface area contributed by atoms with Crippen molar-refractivity contribution in [1.29, 1.82) is 0 Å². The number of piperidine rings is 1. The summed E-state index contributed by atoms with van der Waals surface area (Å²) in [5, 5.41) is 3.69. The molecule has 132 valence electrons. The molecule has 1 N–H and O–H groups in total. The highest BCUT2D eigenvalue weighted by Crippen LogP contribution is 2.26. The number of anilines is 1. The molecule has 0 spiro atoms. The molecule has 2 amide bonds. The summed E-state index contributed by atoms with van der Waals surface area (Å²) in [6.07, 6.45) is 1.49. The van der Waals surface area contributed by atoms with E-state index in [1.165, 1.54) is 5.56 Å². The minimum atomic E-state index is -0.00584. The number of hydrogen-bond donors (Lipinski definition) is 1. The average Bonchev–Trinajstić information content (AvgIpc) is 2.55. The van der Waals surface area contributed by atoms with Gasteiger partial charge in [-0.2, -0.15) is 11.8 Å². The van der Waals surface area contributed by atoms with Crippen LogP contribution in [0.1, 0.15) is 44.7 Å². The number of rotatable bonds is 5. The Kier molecular flexibility index (Phi) is 6.72. The van der Waals surface area contributed by atoms with Crippen molar-refractivity contribution in [3.05, 3.63) is 29.3 Å². The van der Waals surface area contributed by atoms with E-state index in [4.69, 9.17) is 0 Å². The quantitative estimate of drug-likeness (QED) is 0.880. The fourth-order valence-corrected chi connectivity index (χ4v) is 3.75. The van der Waals surface area contributed by atoms with Crippen LogP contribution in [0, 0.1) is 12.8 Å². The molecule has 1 aliphatic rings. The van der Waals surface area contributed by atoms with Crippen LogP contribution < -0.4 is 5.32 Å². The number of carbonyl (C=O) groups excluding carboxylic acids is 2. The third-order valence-corrected chi connectivity index (χ3v) is 5.73. The van der Waals surface area contributed by atoms with Gasteiger partial charge in [0.25, 0.3) is 0 Å². The summed E-state index contributed by atoms with van der Waals surface area (Å²) < 4.78 is 0. The highest BCUT2D eigenvalue weighted by atomic mass is 32.2. The van der Waals surface area contributed by atoms with E-state index in [1.54, 1.807) is 6.92 Å². The maximum Gasteiger partial charge on any atom is 0.227 e. The third kappa shape index (κ3) is 5.00. The van der Waals surface area contributed by atoms with E-state index in [0.717, 1.165) is 29.8 Å². The van der Waals surface area contributed by atoms with Gasteiger partial charge in [0.1, 0.15) is 0 Å². The highest BCUT2D eigenvalue weighted by molar-refractivity contribution is 7.99. The van der Waals surface area contributed by atoms with Gasteiger partial charge in [0, 0.05) is 37.4 Å². The average molecular weight is 349 g/mol. The van der Waals surface area contributed by atoms with E-state index in [-0.39, 0.29) is 17.7 Å². The van der Waals surface area contributed by atoms with Crippen molar-refractivity contribution in [1.82, 2.24) is 4.90 Å². The number of carbonyl (C=O) groups is 2. The Morgan fingerprint density at radius 1 is 1.29 bits per heavy atom. The van der Waals surface area contributed by atoms with Gasteiger partial charge in [0.2, 0.25) is 11.8 Å². The molecule has 0 bridgehead atoms. The maximum atomic E-state index is 12.6. The number of nitrogens with zero attached hydrogens (tertiary/aromatic N) is 1. The second-order valence-electron chi connectivity index (χ2n) is 6.72. The SMILES string of the molecule is CC(=O)N1CCC(C(=O)Nc2cccc(CSC(C)C)c2C)CC1. The minimum Gasteiger partial charge on any atom is -0.343 e. The lowest BCUT2D eigenvalue weighted by Gasteiger charge is -2.30. The Morgan fingerprint density at radius 2 is 1.96 bits per heavy atom. The molecule has 0 aromatic heterocycles. The van der Waals surface area contributed by atoms with Crippen LogP contribution >= 0.6 is 11.8 Å². The Labute approximate surface area is 149 Å². The first-order valence-corrected chi connectivity index (χ1v) is 9.69. The summed E-state index contributed by atoms with van der Waals surface area (Å²) in [6, 6.07) is 6.12. The van der Waals surface area contributed by atoms with Gasteiger partial charge in [-0.1, -0.05) is 26.0 Å². The molecule has 0 atom stereocenters. The molecular weight excluding hydrogens is 320 g/mol. The van der Waals surface area contributed by atoms with Crippen LogP contribution in [0.5, 0.6) is 0 Å². The van der Waals surface area contributed by atoms with Gasteiger partial charge in [0.15, 0.2) is 0 Å². The molecule has 5 heteroatoms. The molecule has 0 saturated carbocycles. The van der Waals surface area contributed by atoms with E-state index in [9.17, 15) is 9.59 Å². The predicted molar refractivity (Wildman–Crippen MR) is 101 cm³/mol. The van der Waals surface area contributed by atoms with Gasteiger partial charge in [0.05, 0.1) is 0 Å². The zero-order chi connectivity index (χ0) is 17.7. The molecule has 1 fully saturated rings. The molecular formula is C19H28N2O2S. The topological polar surface area (TPSA) is 49.4 Å². The third-order valence-electron chi connectivity index (χ3n) is 4.59. The van der Waals surface area contributed by atoms with Gasteiger partial charge in [-0.15, -0.1) is 0 Å². The smallest absolute Gasteiger partial charge is 0.227 e. The molecule has 4 nitrogen and oxygen atoms in total. The number of nitrogens with one attached hydrogen (secondary N) is 1. The fraction of sp³-hybridized carbons (Fsp3) is 0.579. The van der Waals surface area contributed by atoms with Gasteiger partial charge in [-0.05, 0) is 42.2 Å². The van der Waals surface area contributed by atoms with Crippen LogP contribution in [0.2, 0.25) is 0 Å². The lowest BCUT2D eigenvalue weighted by Crippen LogP contribution is -2.40. The number of likely N-dealkylation sites (tertiary alicyclic amines) is 1. The second-order valence-corrected chi connectivity index (χ2v) is 8.28. The summed E-state index contributed by atoms with van der Waals surface area (Å²) >= 11 is 1.91. The van der Waals surface area contributed by atoms with Crippen molar-refractivity contribution in [2.75, 3.05) is 18.4 Å². The van der Waals surface area contributed by atoms with Crippen LogP contribution in [0.3, 0.4) is 0 Å². The molecule has 1 saturated heterocycles. The summed E-state index contributed by atoms with van der Waals surface area (Å²) in [4.78, 5) is 25.8. The Bertz CT molecular complexity index is 593. The molecule has 0 aliphatic carbocycles. The lowest BCUT2D eigenvalue weighted by atomic mass is 9.95. The molecule has 1 heterocycles. The Balaban J connectivity index is 1.97. The minimum absolute atomic E-state index is 0.00584. The zero-order valence-corrected chi connectivity index (χ0v) is 15.9. The summed E-state index contributed by atoms with van der Waals surface area (Å²) in [6.45, 7) is 9.40. The number of hydrogen-bond acceptors (Lipinski definition) is 3. The summed E-state index contributed by atoms with van der Waals surface area (Å²) in [7, 11) is 0. The maximum absolute atomic E-state index is 12.6. The molecule has 1 aliphatic heterocycles. The van der Waals surface area contributed by atoms with Crippen LogP contribution in [-0.2, 0) is 15.3 Å². The van der Waals surface area contributed by atoms with Crippen molar-refractivity contribution >= 4 is 29.3 Å². The molecule has 2 rings (SSSR count). The van der Waals surface area contributed by atoms with E-state index >= 15 is 0 Å². The first-order chi connectivity index (χ1) is 11.4. The number of amides is 2. The predicted octanol–water partition coefficient (Wildman–Crippen LogP) is 3.83. The number of benzene rings is 1. The molecule has 0 unspecified atom stereocenters. The molecule has 1 aromatic rings. The van der Waals surface area contributed by atoms with Crippen molar-refractivity contribution in [2.45, 2.75) is 51.5 Å². The van der Waals surface area contributed by atoms with Crippen molar-refractivity contribution in [3.8, 4) is 0 Å². The van der Waals surface area contributed by atoms with Gasteiger partial charge in [-0.3, -0.25) is 9.59 Å². The van der Waals surface area contributed by atoms with E-state index < -0.39 is 0 Å².